The van der Waals surface area contributed by atoms with Crippen LogP contribution in [0.1, 0.15) is 10.6 Å². The van der Waals surface area contributed by atoms with Crippen LogP contribution in [0.3, 0.4) is 0 Å². The van der Waals surface area contributed by atoms with Crippen LogP contribution >= 0.6 is 0 Å². The molecule has 0 aliphatic carbocycles. The summed E-state index contributed by atoms with van der Waals surface area (Å²) in [6.45, 7) is 0. The number of aromatic nitrogens is 2. The molecule has 19 heavy (non-hydrogen) atoms. The first kappa shape index (κ1) is 11.5. The van der Waals surface area contributed by atoms with Gasteiger partial charge in [0.1, 0.15) is 5.75 Å². The average molecular weight is 252 g/mol. The average Bonchev–Trinajstić information content (AvgIpc) is 2.89. The predicted octanol–water partition coefficient (Wildman–Crippen LogP) is 3.05. The Balaban J connectivity index is 2.05. The molecule has 0 spiro atoms. The van der Waals surface area contributed by atoms with Gasteiger partial charge in [-0.1, -0.05) is 18.2 Å². The van der Waals surface area contributed by atoms with Gasteiger partial charge in [-0.15, -0.1) is 0 Å². The van der Waals surface area contributed by atoms with Gasteiger partial charge >= 0.3 is 0 Å². The first-order valence-electron chi connectivity index (χ1n) is 5.89. The number of nitrogens with zero attached hydrogens (tertiary/aromatic N) is 1. The Morgan fingerprint density at radius 1 is 1.11 bits per heavy atom. The van der Waals surface area contributed by atoms with Gasteiger partial charge in [0.15, 0.2) is 12.1 Å². The van der Waals surface area contributed by atoms with Gasteiger partial charge in [0.25, 0.3) is 0 Å². The number of rotatable bonds is 3. The molecule has 4 nitrogen and oxygen atoms in total. The van der Waals surface area contributed by atoms with Crippen LogP contribution in [0.25, 0.3) is 22.2 Å². The Hall–Kier alpha value is -2.62. The van der Waals surface area contributed by atoms with Crippen molar-refractivity contribution in [2.45, 2.75) is 0 Å². The number of hydrogen-bond acceptors (Lipinski definition) is 3. The zero-order chi connectivity index (χ0) is 13.2. The smallest absolute Gasteiger partial charge is 0.185 e. The monoisotopic (exact) mass is 252 g/mol. The van der Waals surface area contributed by atoms with Crippen molar-refractivity contribution in [2.75, 3.05) is 7.11 Å². The number of hydrogen-bond donors (Lipinski definition) is 1. The zero-order valence-corrected chi connectivity index (χ0v) is 10.4. The van der Waals surface area contributed by atoms with Crippen LogP contribution in [0.4, 0.5) is 0 Å². The molecule has 0 radical (unpaired) electrons. The van der Waals surface area contributed by atoms with Gasteiger partial charge in [-0.3, -0.25) is 4.79 Å². The number of aromatic amines is 1. The summed E-state index contributed by atoms with van der Waals surface area (Å²) in [4.78, 5) is 17.8. The van der Waals surface area contributed by atoms with Crippen molar-refractivity contribution in [1.82, 2.24) is 9.97 Å². The van der Waals surface area contributed by atoms with E-state index in [1.165, 1.54) is 0 Å². The van der Waals surface area contributed by atoms with Crippen molar-refractivity contribution in [1.29, 1.82) is 0 Å². The third-order valence-electron chi connectivity index (χ3n) is 3.04. The summed E-state index contributed by atoms with van der Waals surface area (Å²) >= 11 is 0. The number of ether oxygens (including phenoxy) is 1. The zero-order valence-electron chi connectivity index (χ0n) is 10.4. The molecular weight excluding hydrogens is 240 g/mol. The summed E-state index contributed by atoms with van der Waals surface area (Å²) in [5.41, 5.74) is 3.80. The maximum atomic E-state index is 10.7. The third-order valence-corrected chi connectivity index (χ3v) is 3.04. The first-order chi connectivity index (χ1) is 9.30. The minimum Gasteiger partial charge on any atom is -0.497 e. The molecule has 3 aromatic rings. The molecule has 0 bridgehead atoms. The summed E-state index contributed by atoms with van der Waals surface area (Å²) in [5.74, 6) is 1.18. The van der Waals surface area contributed by atoms with Crippen molar-refractivity contribution in [3.63, 3.8) is 0 Å². The molecule has 3 rings (SSSR count). The van der Waals surface area contributed by atoms with Crippen LogP contribution < -0.4 is 4.74 Å². The van der Waals surface area contributed by atoms with E-state index in [2.05, 4.69) is 9.97 Å². The second-order valence-electron chi connectivity index (χ2n) is 4.20. The highest BCUT2D eigenvalue weighted by Gasteiger charge is 2.04. The van der Waals surface area contributed by atoms with Crippen molar-refractivity contribution in [2.24, 2.45) is 0 Å². The Morgan fingerprint density at radius 2 is 1.84 bits per heavy atom. The van der Waals surface area contributed by atoms with Crippen molar-refractivity contribution >= 4 is 17.3 Å². The van der Waals surface area contributed by atoms with Crippen LogP contribution in [0, 0.1) is 0 Å². The van der Waals surface area contributed by atoms with Crippen LogP contribution in [-0.2, 0) is 0 Å². The van der Waals surface area contributed by atoms with Gasteiger partial charge in [0.05, 0.1) is 18.1 Å². The molecule has 1 aromatic heterocycles. The number of benzene rings is 2. The lowest BCUT2D eigenvalue weighted by Crippen LogP contribution is -1.83. The van der Waals surface area contributed by atoms with Gasteiger partial charge in [-0.05, 0) is 35.4 Å². The topological polar surface area (TPSA) is 55.0 Å². The highest BCUT2D eigenvalue weighted by molar-refractivity contribution is 5.85. The highest BCUT2D eigenvalue weighted by atomic mass is 16.5. The number of nitrogens with one attached hydrogen (secondary N) is 1. The van der Waals surface area contributed by atoms with Gasteiger partial charge in [0, 0.05) is 0 Å². The molecule has 4 heteroatoms. The number of aldehydes is 1. The fraction of sp³-hybridized carbons (Fsp3) is 0.0667. The molecule has 0 amide bonds. The second-order valence-corrected chi connectivity index (χ2v) is 4.20. The van der Waals surface area contributed by atoms with Crippen molar-refractivity contribution in [3.05, 3.63) is 48.3 Å². The van der Waals surface area contributed by atoms with E-state index in [1.807, 2.05) is 42.5 Å². The van der Waals surface area contributed by atoms with Crippen molar-refractivity contribution < 1.29 is 9.53 Å². The Morgan fingerprint density at radius 3 is 2.53 bits per heavy atom. The van der Waals surface area contributed by atoms with Crippen LogP contribution in [0.2, 0.25) is 0 Å². The summed E-state index contributed by atoms with van der Waals surface area (Å²) in [7, 11) is 1.65. The second kappa shape index (κ2) is 4.57. The Labute approximate surface area is 110 Å². The lowest BCUT2D eigenvalue weighted by Gasteiger charge is -2.03. The van der Waals surface area contributed by atoms with Crippen molar-refractivity contribution in [3.8, 4) is 16.9 Å². The molecule has 0 saturated carbocycles. The third kappa shape index (κ3) is 2.08. The van der Waals surface area contributed by atoms with E-state index in [9.17, 15) is 4.79 Å². The highest BCUT2D eigenvalue weighted by Crippen LogP contribution is 2.25. The lowest BCUT2D eigenvalue weighted by molar-refractivity contribution is 0.111. The first-order valence-corrected chi connectivity index (χ1v) is 5.89. The molecule has 94 valence electrons. The van der Waals surface area contributed by atoms with E-state index >= 15 is 0 Å². The predicted molar refractivity (Wildman–Crippen MR) is 73.5 cm³/mol. The van der Waals surface area contributed by atoms with Gasteiger partial charge < -0.3 is 9.72 Å². The quantitative estimate of drug-likeness (QED) is 0.729. The van der Waals surface area contributed by atoms with Crippen LogP contribution in [-0.4, -0.2) is 23.4 Å². The number of H-pyrrole nitrogens is 1. The summed E-state index contributed by atoms with van der Waals surface area (Å²) in [6.07, 6.45) is 0.715. The molecule has 0 unspecified atom stereocenters. The van der Waals surface area contributed by atoms with E-state index < -0.39 is 0 Å². The number of carbonyl (C=O) groups is 1. The minimum atomic E-state index is 0.349. The Kier molecular flexibility index (Phi) is 2.76. The van der Waals surface area contributed by atoms with E-state index in [1.54, 1.807) is 7.11 Å². The van der Waals surface area contributed by atoms with Gasteiger partial charge in [-0.2, -0.15) is 0 Å². The maximum Gasteiger partial charge on any atom is 0.185 e. The number of imidazole rings is 1. The number of fused-ring (bicyclic) bond motifs is 1. The molecule has 0 fully saturated rings. The normalized spacial score (nSPS) is 10.6. The molecule has 1 N–H and O–H groups in total. The van der Waals surface area contributed by atoms with E-state index in [0.717, 1.165) is 27.9 Å². The van der Waals surface area contributed by atoms with E-state index in [-0.39, 0.29) is 0 Å². The largest absolute Gasteiger partial charge is 0.497 e. The van der Waals surface area contributed by atoms with Gasteiger partial charge in [-0.25, -0.2) is 4.98 Å². The standard InChI is InChI=1S/C15H12N2O2/c1-19-12-5-2-10(3-6-12)11-4-7-13-14(8-11)17-15(9-18)16-13/h2-9H,1H3,(H,16,17). The minimum absolute atomic E-state index is 0.349. The summed E-state index contributed by atoms with van der Waals surface area (Å²) in [6, 6.07) is 13.7. The number of carbonyl (C=O) groups excluding carboxylic acids is 1. The van der Waals surface area contributed by atoms with E-state index in [0.29, 0.717) is 12.1 Å². The van der Waals surface area contributed by atoms with Gasteiger partial charge in [0.2, 0.25) is 0 Å². The molecule has 1 heterocycles. The number of methoxy groups -OCH3 is 1. The summed E-state index contributed by atoms with van der Waals surface area (Å²) in [5, 5.41) is 0. The molecule has 2 aromatic carbocycles. The fourth-order valence-electron chi connectivity index (χ4n) is 2.05. The van der Waals surface area contributed by atoms with Crippen LogP contribution in [0.15, 0.2) is 42.5 Å². The van der Waals surface area contributed by atoms with E-state index in [4.69, 9.17) is 4.74 Å². The van der Waals surface area contributed by atoms with Crippen LogP contribution in [0.5, 0.6) is 5.75 Å². The molecular formula is C15H12N2O2. The molecule has 0 aliphatic heterocycles. The maximum absolute atomic E-state index is 10.7. The SMILES string of the molecule is COc1ccc(-c2ccc3nc(C=O)[nH]c3c2)cc1. The fourth-order valence-corrected chi connectivity index (χ4v) is 2.05. The lowest BCUT2D eigenvalue weighted by atomic mass is 10.1. The molecule has 0 aliphatic rings. The Bertz CT molecular complexity index is 729. The molecule has 0 saturated heterocycles. The summed E-state index contributed by atoms with van der Waals surface area (Å²) < 4.78 is 5.14. The molecule has 0 atom stereocenters.